The van der Waals surface area contributed by atoms with Gasteiger partial charge in [0.15, 0.2) is 5.16 Å². The van der Waals surface area contributed by atoms with Crippen LogP contribution in [0.5, 0.6) is 0 Å². The molecule has 3 N–H and O–H groups in total. The summed E-state index contributed by atoms with van der Waals surface area (Å²) in [5.74, 6) is 2.83. The number of thioether (sulfide) groups is 2. The van der Waals surface area contributed by atoms with Crippen molar-refractivity contribution in [1.29, 1.82) is 0 Å². The number of aromatic nitrogens is 2. The van der Waals surface area contributed by atoms with Crippen molar-refractivity contribution in [3.05, 3.63) is 48.0 Å². The van der Waals surface area contributed by atoms with Crippen LogP contribution < -0.4 is 5.73 Å². The molecule has 1 atom stereocenters. The number of H-pyrrole nitrogens is 1. The monoisotopic (exact) mass is 313 g/mol. The Hall–Kier alpha value is -1.59. The highest BCUT2D eigenvalue weighted by atomic mass is 32.2. The maximum Gasteiger partial charge on any atom is 0.166 e. The third-order valence-corrected chi connectivity index (χ3v) is 5.99. The maximum atomic E-state index is 5.80. The number of imidazole rings is 1. The van der Waals surface area contributed by atoms with Crippen LogP contribution in [-0.2, 0) is 0 Å². The van der Waals surface area contributed by atoms with Crippen LogP contribution in [0.2, 0.25) is 0 Å². The van der Waals surface area contributed by atoms with E-state index >= 15 is 0 Å². The highest BCUT2D eigenvalue weighted by molar-refractivity contribution is 8.00. The molecular weight excluding hydrogens is 298 g/mol. The van der Waals surface area contributed by atoms with E-state index in [0.717, 1.165) is 27.6 Å². The zero-order valence-electron chi connectivity index (χ0n) is 11.4. The number of aromatic amines is 1. The van der Waals surface area contributed by atoms with Gasteiger partial charge in [0.25, 0.3) is 0 Å². The first-order valence-corrected chi connectivity index (χ1v) is 8.86. The Morgan fingerprint density at radius 3 is 3.14 bits per heavy atom. The largest absolute Gasteiger partial charge is 0.399 e. The number of hydrogen-bond donors (Lipinski definition) is 2. The molecule has 2 aromatic carbocycles. The van der Waals surface area contributed by atoms with E-state index in [4.69, 9.17) is 5.73 Å². The highest BCUT2D eigenvalue weighted by Crippen LogP contribution is 2.41. The number of rotatable bonds is 3. The van der Waals surface area contributed by atoms with E-state index in [9.17, 15) is 0 Å². The van der Waals surface area contributed by atoms with Gasteiger partial charge in [-0.1, -0.05) is 30.0 Å². The van der Waals surface area contributed by atoms with E-state index in [1.54, 1.807) is 11.8 Å². The van der Waals surface area contributed by atoms with E-state index in [1.807, 2.05) is 30.0 Å². The molecule has 0 bridgehead atoms. The van der Waals surface area contributed by atoms with E-state index < -0.39 is 0 Å². The fraction of sp³-hybridized carbons (Fsp3) is 0.188. The Labute approximate surface area is 131 Å². The lowest BCUT2D eigenvalue weighted by Gasteiger charge is -2.08. The average molecular weight is 313 g/mol. The second-order valence-electron chi connectivity index (χ2n) is 5.18. The number of nitrogens with one attached hydrogen (secondary N) is 1. The van der Waals surface area contributed by atoms with Crippen LogP contribution in [-0.4, -0.2) is 21.5 Å². The number of nitrogens with two attached hydrogens (primary N) is 1. The minimum Gasteiger partial charge on any atom is -0.399 e. The number of hydrogen-bond acceptors (Lipinski definition) is 4. The second-order valence-corrected chi connectivity index (χ2v) is 7.25. The summed E-state index contributed by atoms with van der Waals surface area (Å²) in [4.78, 5) is 9.40. The Kier molecular flexibility index (Phi) is 3.31. The van der Waals surface area contributed by atoms with Crippen molar-refractivity contribution in [2.45, 2.75) is 16.0 Å². The Morgan fingerprint density at radius 1 is 1.29 bits per heavy atom. The Bertz CT molecular complexity index is 797. The topological polar surface area (TPSA) is 54.7 Å². The molecule has 4 rings (SSSR count). The van der Waals surface area contributed by atoms with Crippen molar-refractivity contribution in [3.63, 3.8) is 0 Å². The number of nitrogen functional groups attached to an aromatic ring is 1. The molecule has 0 amide bonds. The molecule has 106 valence electrons. The first-order chi connectivity index (χ1) is 10.3. The average Bonchev–Trinajstić information content (AvgIpc) is 3.08. The summed E-state index contributed by atoms with van der Waals surface area (Å²) in [5, 5.41) is 0.977. The summed E-state index contributed by atoms with van der Waals surface area (Å²) in [5.41, 5.74) is 10.0. The molecule has 2 heterocycles. The molecule has 3 nitrogen and oxygen atoms in total. The zero-order chi connectivity index (χ0) is 14.2. The molecule has 1 aliphatic heterocycles. The lowest BCUT2D eigenvalue weighted by Crippen LogP contribution is -2.00. The van der Waals surface area contributed by atoms with Crippen molar-refractivity contribution < 1.29 is 0 Å². The summed E-state index contributed by atoms with van der Waals surface area (Å²) in [6.07, 6.45) is 0. The van der Waals surface area contributed by atoms with E-state index in [0.29, 0.717) is 5.92 Å². The van der Waals surface area contributed by atoms with Crippen molar-refractivity contribution in [3.8, 4) is 0 Å². The molecule has 0 radical (unpaired) electrons. The van der Waals surface area contributed by atoms with Gasteiger partial charge in [0.05, 0.1) is 11.0 Å². The second kappa shape index (κ2) is 5.31. The predicted octanol–water partition coefficient (Wildman–Crippen LogP) is 4.13. The molecule has 1 aliphatic rings. The van der Waals surface area contributed by atoms with Gasteiger partial charge in [0.1, 0.15) is 0 Å². The fourth-order valence-electron chi connectivity index (χ4n) is 2.62. The van der Waals surface area contributed by atoms with Crippen LogP contribution in [0, 0.1) is 0 Å². The van der Waals surface area contributed by atoms with E-state index in [1.165, 1.54) is 16.2 Å². The summed E-state index contributed by atoms with van der Waals surface area (Å²) in [6.45, 7) is 0. The number of fused-ring (bicyclic) bond motifs is 2. The van der Waals surface area contributed by atoms with Gasteiger partial charge in [-0.05, 0) is 29.8 Å². The van der Waals surface area contributed by atoms with Crippen LogP contribution in [0.15, 0.2) is 52.5 Å². The van der Waals surface area contributed by atoms with Gasteiger partial charge in [-0.15, -0.1) is 11.8 Å². The van der Waals surface area contributed by atoms with Crippen LogP contribution >= 0.6 is 23.5 Å². The predicted molar refractivity (Wildman–Crippen MR) is 91.1 cm³/mol. The van der Waals surface area contributed by atoms with Gasteiger partial charge in [-0.3, -0.25) is 0 Å². The summed E-state index contributed by atoms with van der Waals surface area (Å²) in [6, 6.07) is 14.5. The van der Waals surface area contributed by atoms with Gasteiger partial charge < -0.3 is 10.7 Å². The molecule has 0 spiro atoms. The van der Waals surface area contributed by atoms with Crippen LogP contribution in [0.3, 0.4) is 0 Å². The summed E-state index contributed by atoms with van der Waals surface area (Å²) in [7, 11) is 0. The molecular formula is C16H15N3S2. The highest BCUT2D eigenvalue weighted by Gasteiger charge is 2.23. The van der Waals surface area contributed by atoms with Crippen molar-refractivity contribution >= 4 is 40.2 Å². The van der Waals surface area contributed by atoms with Gasteiger partial charge in [-0.2, -0.15) is 0 Å². The van der Waals surface area contributed by atoms with Crippen molar-refractivity contribution in [2.24, 2.45) is 0 Å². The smallest absolute Gasteiger partial charge is 0.166 e. The normalized spacial score (nSPS) is 17.2. The third kappa shape index (κ3) is 2.51. The lowest BCUT2D eigenvalue weighted by atomic mass is 10.0. The Morgan fingerprint density at radius 2 is 2.19 bits per heavy atom. The van der Waals surface area contributed by atoms with Gasteiger partial charge >= 0.3 is 0 Å². The van der Waals surface area contributed by atoms with Crippen LogP contribution in [0.25, 0.3) is 11.0 Å². The van der Waals surface area contributed by atoms with Gasteiger partial charge in [0, 0.05) is 28.0 Å². The van der Waals surface area contributed by atoms with Crippen LogP contribution in [0.4, 0.5) is 5.69 Å². The van der Waals surface area contributed by atoms with Gasteiger partial charge in [-0.25, -0.2) is 4.98 Å². The molecule has 0 saturated carbocycles. The number of anilines is 1. The summed E-state index contributed by atoms with van der Waals surface area (Å²) < 4.78 is 0. The van der Waals surface area contributed by atoms with Crippen molar-refractivity contribution in [1.82, 2.24) is 9.97 Å². The fourth-order valence-corrected chi connectivity index (χ4v) is 5.02. The first-order valence-electron chi connectivity index (χ1n) is 6.89. The van der Waals surface area contributed by atoms with E-state index in [2.05, 4.69) is 34.2 Å². The van der Waals surface area contributed by atoms with E-state index in [-0.39, 0.29) is 0 Å². The van der Waals surface area contributed by atoms with Crippen LogP contribution in [0.1, 0.15) is 11.5 Å². The minimum atomic E-state index is 0.606. The summed E-state index contributed by atoms with van der Waals surface area (Å²) >= 11 is 3.75. The standard InChI is InChI=1S/C16H15N3S2/c17-11-5-6-13-14(7-11)19-16(18-13)21-9-10-8-20-15-4-2-1-3-12(10)15/h1-7,10H,8-9,17H2,(H,18,19). The molecule has 5 heteroatoms. The molecule has 21 heavy (non-hydrogen) atoms. The Balaban J connectivity index is 1.51. The molecule has 1 aromatic heterocycles. The quantitative estimate of drug-likeness (QED) is 0.564. The first kappa shape index (κ1) is 13.1. The minimum absolute atomic E-state index is 0.606. The number of nitrogens with zero attached hydrogens (tertiary/aromatic N) is 1. The maximum absolute atomic E-state index is 5.80. The molecule has 1 unspecified atom stereocenters. The molecule has 0 aliphatic carbocycles. The lowest BCUT2D eigenvalue weighted by molar-refractivity contribution is 0.892. The number of benzene rings is 2. The third-order valence-electron chi connectivity index (χ3n) is 3.70. The molecule has 0 saturated heterocycles. The molecule has 0 fully saturated rings. The van der Waals surface area contributed by atoms with Gasteiger partial charge in [0.2, 0.25) is 0 Å². The molecule has 3 aromatic rings. The van der Waals surface area contributed by atoms with Crippen molar-refractivity contribution in [2.75, 3.05) is 17.2 Å². The SMILES string of the molecule is Nc1ccc2nc(SCC3CSc4ccccc43)[nH]c2c1. The zero-order valence-corrected chi connectivity index (χ0v) is 13.0.